The summed E-state index contributed by atoms with van der Waals surface area (Å²) < 4.78 is 0. The summed E-state index contributed by atoms with van der Waals surface area (Å²) in [6, 6.07) is 23.6. The SMILES string of the molecule is CCN(C(=O)Cn1nnc(-c2ccccc2)n1)c1cccc2ccccc12. The Labute approximate surface area is 157 Å². The number of carbonyl (C=O) groups excluding carboxylic acids is 1. The van der Waals surface area contributed by atoms with Crippen molar-refractivity contribution >= 4 is 22.4 Å². The number of likely N-dealkylation sites (N-methyl/N-ethyl adjacent to an activating group) is 1. The molecule has 134 valence electrons. The van der Waals surface area contributed by atoms with Crippen molar-refractivity contribution in [2.24, 2.45) is 0 Å². The third-order valence-corrected chi connectivity index (χ3v) is 4.44. The van der Waals surface area contributed by atoms with Gasteiger partial charge < -0.3 is 4.90 Å². The molecule has 0 spiro atoms. The fourth-order valence-corrected chi connectivity index (χ4v) is 3.14. The molecule has 0 aliphatic rings. The number of hydrogen-bond acceptors (Lipinski definition) is 4. The maximum Gasteiger partial charge on any atom is 0.250 e. The fraction of sp³-hybridized carbons (Fsp3) is 0.143. The zero-order chi connectivity index (χ0) is 18.6. The molecule has 4 rings (SSSR count). The highest BCUT2D eigenvalue weighted by Crippen LogP contribution is 2.26. The number of hydrogen-bond donors (Lipinski definition) is 0. The second-order valence-electron chi connectivity index (χ2n) is 6.15. The Hall–Kier alpha value is -3.54. The molecule has 6 nitrogen and oxygen atoms in total. The first-order chi connectivity index (χ1) is 13.3. The van der Waals surface area contributed by atoms with Gasteiger partial charge >= 0.3 is 0 Å². The summed E-state index contributed by atoms with van der Waals surface area (Å²) >= 11 is 0. The summed E-state index contributed by atoms with van der Waals surface area (Å²) in [7, 11) is 0. The van der Waals surface area contributed by atoms with Gasteiger partial charge in [0.25, 0.3) is 5.91 Å². The van der Waals surface area contributed by atoms with Gasteiger partial charge in [-0.2, -0.15) is 4.80 Å². The Morgan fingerprint density at radius 3 is 2.52 bits per heavy atom. The number of tetrazole rings is 1. The van der Waals surface area contributed by atoms with Crippen LogP contribution in [0.4, 0.5) is 5.69 Å². The number of amides is 1. The Morgan fingerprint density at radius 1 is 0.963 bits per heavy atom. The van der Waals surface area contributed by atoms with E-state index in [9.17, 15) is 4.79 Å². The van der Waals surface area contributed by atoms with E-state index in [-0.39, 0.29) is 12.5 Å². The molecule has 1 aromatic heterocycles. The van der Waals surface area contributed by atoms with Crippen molar-refractivity contribution in [2.45, 2.75) is 13.5 Å². The maximum absolute atomic E-state index is 12.9. The number of carbonyl (C=O) groups is 1. The number of aromatic nitrogens is 4. The number of rotatable bonds is 5. The molecule has 0 bridgehead atoms. The van der Waals surface area contributed by atoms with Crippen LogP contribution in [0.1, 0.15) is 6.92 Å². The van der Waals surface area contributed by atoms with Crippen LogP contribution < -0.4 is 4.90 Å². The largest absolute Gasteiger partial charge is 0.310 e. The van der Waals surface area contributed by atoms with Gasteiger partial charge in [0.2, 0.25) is 5.82 Å². The Bertz CT molecular complexity index is 1070. The Morgan fingerprint density at radius 2 is 1.70 bits per heavy atom. The van der Waals surface area contributed by atoms with Gasteiger partial charge in [-0.25, -0.2) is 0 Å². The predicted octanol–water partition coefficient (Wildman–Crippen LogP) is 3.55. The molecule has 0 radical (unpaired) electrons. The topological polar surface area (TPSA) is 63.9 Å². The minimum Gasteiger partial charge on any atom is -0.310 e. The summed E-state index contributed by atoms with van der Waals surface area (Å²) in [6.45, 7) is 2.56. The first-order valence-electron chi connectivity index (χ1n) is 8.87. The average molecular weight is 357 g/mol. The van der Waals surface area contributed by atoms with Gasteiger partial charge in [-0.05, 0) is 23.6 Å². The molecule has 0 aliphatic heterocycles. The molecule has 1 amide bonds. The van der Waals surface area contributed by atoms with Crippen LogP contribution in [0.25, 0.3) is 22.2 Å². The van der Waals surface area contributed by atoms with E-state index in [0.29, 0.717) is 12.4 Å². The molecule has 0 N–H and O–H groups in total. The van der Waals surface area contributed by atoms with Crippen molar-refractivity contribution in [3.8, 4) is 11.4 Å². The smallest absolute Gasteiger partial charge is 0.250 e. The van der Waals surface area contributed by atoms with Crippen LogP contribution in [0.15, 0.2) is 72.8 Å². The van der Waals surface area contributed by atoms with Crippen molar-refractivity contribution in [3.63, 3.8) is 0 Å². The quantitative estimate of drug-likeness (QED) is 0.548. The average Bonchev–Trinajstić information content (AvgIpc) is 3.18. The van der Waals surface area contributed by atoms with Gasteiger partial charge in [0.1, 0.15) is 6.54 Å². The van der Waals surface area contributed by atoms with Gasteiger partial charge in [0.05, 0.1) is 5.69 Å². The fourth-order valence-electron chi connectivity index (χ4n) is 3.14. The number of anilines is 1. The zero-order valence-electron chi connectivity index (χ0n) is 15.0. The highest BCUT2D eigenvalue weighted by molar-refractivity contribution is 6.03. The van der Waals surface area contributed by atoms with Crippen LogP contribution in [0.2, 0.25) is 0 Å². The van der Waals surface area contributed by atoms with E-state index in [2.05, 4.69) is 15.4 Å². The van der Waals surface area contributed by atoms with Crippen LogP contribution in [0.5, 0.6) is 0 Å². The molecule has 0 fully saturated rings. The zero-order valence-corrected chi connectivity index (χ0v) is 15.0. The van der Waals surface area contributed by atoms with E-state index in [1.807, 2.05) is 79.7 Å². The highest BCUT2D eigenvalue weighted by atomic mass is 16.2. The van der Waals surface area contributed by atoms with E-state index in [1.165, 1.54) is 4.80 Å². The lowest BCUT2D eigenvalue weighted by Crippen LogP contribution is -2.34. The van der Waals surface area contributed by atoms with E-state index < -0.39 is 0 Å². The lowest BCUT2D eigenvalue weighted by Gasteiger charge is -2.22. The molecular weight excluding hydrogens is 338 g/mol. The first-order valence-corrected chi connectivity index (χ1v) is 8.87. The predicted molar refractivity (Wildman–Crippen MR) is 105 cm³/mol. The Balaban J connectivity index is 1.59. The molecular formula is C21H19N5O. The minimum atomic E-state index is -0.0779. The van der Waals surface area contributed by atoms with E-state index in [4.69, 9.17) is 0 Å². The molecule has 3 aromatic carbocycles. The van der Waals surface area contributed by atoms with Crippen molar-refractivity contribution in [1.82, 2.24) is 20.2 Å². The van der Waals surface area contributed by atoms with Crippen molar-refractivity contribution in [2.75, 3.05) is 11.4 Å². The van der Waals surface area contributed by atoms with Crippen LogP contribution in [-0.4, -0.2) is 32.7 Å². The van der Waals surface area contributed by atoms with Crippen molar-refractivity contribution < 1.29 is 4.79 Å². The second-order valence-corrected chi connectivity index (χ2v) is 6.15. The van der Waals surface area contributed by atoms with Gasteiger partial charge in [-0.3, -0.25) is 4.79 Å². The second kappa shape index (κ2) is 7.37. The Kier molecular flexibility index (Phi) is 4.61. The van der Waals surface area contributed by atoms with Gasteiger partial charge in [-0.1, -0.05) is 66.7 Å². The number of benzene rings is 3. The minimum absolute atomic E-state index is 0.0386. The molecule has 27 heavy (non-hydrogen) atoms. The van der Waals surface area contributed by atoms with E-state index in [0.717, 1.165) is 22.0 Å². The standard InChI is InChI=1S/C21H19N5O/c1-2-25(19-14-8-12-16-9-6-7-13-18(16)19)20(27)15-26-23-21(22-24-26)17-10-4-3-5-11-17/h3-14H,2,15H2,1H3. The first kappa shape index (κ1) is 16.9. The number of fused-ring (bicyclic) bond motifs is 1. The molecule has 0 aliphatic carbocycles. The van der Waals surface area contributed by atoms with Crippen LogP contribution in [0, 0.1) is 0 Å². The summed E-state index contributed by atoms with van der Waals surface area (Å²) in [5.41, 5.74) is 1.77. The van der Waals surface area contributed by atoms with Gasteiger partial charge in [0.15, 0.2) is 0 Å². The number of nitrogens with zero attached hydrogens (tertiary/aromatic N) is 5. The third kappa shape index (κ3) is 3.42. The molecule has 4 aromatic rings. The van der Waals surface area contributed by atoms with Crippen LogP contribution in [0.3, 0.4) is 0 Å². The monoisotopic (exact) mass is 357 g/mol. The molecule has 0 atom stereocenters. The summed E-state index contributed by atoms with van der Waals surface area (Å²) in [5.74, 6) is 0.433. The summed E-state index contributed by atoms with van der Waals surface area (Å²) in [5, 5.41) is 14.6. The van der Waals surface area contributed by atoms with Gasteiger partial charge in [0, 0.05) is 17.5 Å². The molecule has 0 unspecified atom stereocenters. The van der Waals surface area contributed by atoms with Gasteiger partial charge in [-0.15, -0.1) is 10.2 Å². The van der Waals surface area contributed by atoms with E-state index >= 15 is 0 Å². The summed E-state index contributed by atoms with van der Waals surface area (Å²) in [4.78, 5) is 16.0. The van der Waals surface area contributed by atoms with E-state index in [1.54, 1.807) is 4.90 Å². The lowest BCUT2D eigenvalue weighted by molar-refractivity contribution is -0.119. The van der Waals surface area contributed by atoms with Crippen LogP contribution >= 0.6 is 0 Å². The third-order valence-electron chi connectivity index (χ3n) is 4.44. The highest BCUT2D eigenvalue weighted by Gasteiger charge is 2.18. The van der Waals surface area contributed by atoms with Crippen molar-refractivity contribution in [3.05, 3.63) is 72.8 Å². The molecule has 6 heteroatoms. The lowest BCUT2D eigenvalue weighted by atomic mass is 10.1. The molecule has 0 saturated carbocycles. The maximum atomic E-state index is 12.9. The van der Waals surface area contributed by atoms with Crippen molar-refractivity contribution in [1.29, 1.82) is 0 Å². The molecule has 0 saturated heterocycles. The molecule has 1 heterocycles. The van der Waals surface area contributed by atoms with Crippen LogP contribution in [-0.2, 0) is 11.3 Å². The normalized spacial score (nSPS) is 10.9. The summed E-state index contributed by atoms with van der Waals surface area (Å²) in [6.07, 6.45) is 0.